The summed E-state index contributed by atoms with van der Waals surface area (Å²) < 4.78 is 1.80. The van der Waals surface area contributed by atoms with E-state index in [4.69, 9.17) is 5.73 Å². The highest BCUT2D eigenvalue weighted by Gasteiger charge is 2.01. The maximum absolute atomic E-state index is 5.70. The first kappa shape index (κ1) is 7.16. The van der Waals surface area contributed by atoms with E-state index in [0.29, 0.717) is 0 Å². The molecular formula is C9H11N3. The van der Waals surface area contributed by atoms with Gasteiger partial charge in [-0.25, -0.2) is 0 Å². The molecule has 0 aliphatic heterocycles. The van der Waals surface area contributed by atoms with E-state index < -0.39 is 0 Å². The van der Waals surface area contributed by atoms with Crippen molar-refractivity contribution in [3.63, 3.8) is 0 Å². The monoisotopic (exact) mass is 161 g/mol. The van der Waals surface area contributed by atoms with E-state index in [-0.39, 0.29) is 0 Å². The minimum Gasteiger partial charge on any atom is -0.399 e. The number of nitrogens with zero attached hydrogens (tertiary/aromatic N) is 2. The zero-order chi connectivity index (χ0) is 8.72. The van der Waals surface area contributed by atoms with Gasteiger partial charge >= 0.3 is 0 Å². The van der Waals surface area contributed by atoms with Gasteiger partial charge in [-0.3, -0.25) is 4.68 Å². The number of anilines is 1. The van der Waals surface area contributed by atoms with Crippen LogP contribution in [0.4, 0.5) is 5.69 Å². The molecule has 2 N–H and O–H groups in total. The summed E-state index contributed by atoms with van der Waals surface area (Å²) in [4.78, 5) is 0. The Morgan fingerprint density at radius 2 is 2.17 bits per heavy atom. The lowest BCUT2D eigenvalue weighted by Crippen LogP contribution is -1.87. The Labute approximate surface area is 70.8 Å². The fraction of sp³-hybridized carbons (Fsp3) is 0.222. The third kappa shape index (κ3) is 0.942. The van der Waals surface area contributed by atoms with Crippen molar-refractivity contribution in [3.05, 3.63) is 23.9 Å². The molecule has 3 heteroatoms. The van der Waals surface area contributed by atoms with Gasteiger partial charge in [-0.05, 0) is 24.6 Å². The molecule has 0 aliphatic rings. The Balaban J connectivity index is 2.88. The molecule has 3 nitrogen and oxygen atoms in total. The second-order valence-electron chi connectivity index (χ2n) is 3.08. The molecule has 12 heavy (non-hydrogen) atoms. The standard InChI is InChI=1S/C9H11N3/c1-6-3-8(10)4-7-5-12(2)11-9(6)7/h3-5H,10H2,1-2H3. The van der Waals surface area contributed by atoms with Crippen LogP contribution in [-0.2, 0) is 7.05 Å². The number of hydrogen-bond donors (Lipinski definition) is 1. The number of benzene rings is 1. The second kappa shape index (κ2) is 2.24. The summed E-state index contributed by atoms with van der Waals surface area (Å²) in [6, 6.07) is 3.88. The van der Waals surface area contributed by atoms with Gasteiger partial charge in [-0.2, -0.15) is 5.10 Å². The van der Waals surface area contributed by atoms with Crippen LogP contribution in [0.2, 0.25) is 0 Å². The van der Waals surface area contributed by atoms with E-state index in [1.807, 2.05) is 32.3 Å². The van der Waals surface area contributed by atoms with Crippen LogP contribution in [0.1, 0.15) is 5.56 Å². The van der Waals surface area contributed by atoms with Gasteiger partial charge in [0.05, 0.1) is 5.52 Å². The quantitative estimate of drug-likeness (QED) is 0.594. The number of hydrogen-bond acceptors (Lipinski definition) is 2. The molecule has 0 saturated carbocycles. The molecule has 2 aromatic rings. The minimum absolute atomic E-state index is 0.799. The molecule has 2 rings (SSSR count). The number of aryl methyl sites for hydroxylation is 2. The van der Waals surface area contributed by atoms with Crippen LogP contribution >= 0.6 is 0 Å². The maximum Gasteiger partial charge on any atom is 0.0953 e. The second-order valence-corrected chi connectivity index (χ2v) is 3.08. The average Bonchev–Trinajstić information content (AvgIpc) is 2.29. The summed E-state index contributed by atoms with van der Waals surface area (Å²) in [5.41, 5.74) is 8.66. The molecule has 1 aromatic heterocycles. The van der Waals surface area contributed by atoms with E-state index in [1.54, 1.807) is 4.68 Å². The van der Waals surface area contributed by atoms with Crippen LogP contribution in [0.5, 0.6) is 0 Å². The minimum atomic E-state index is 0.799. The van der Waals surface area contributed by atoms with Crippen LogP contribution in [0, 0.1) is 6.92 Å². The van der Waals surface area contributed by atoms with E-state index in [1.165, 1.54) is 0 Å². The first-order chi connectivity index (χ1) is 5.66. The molecule has 0 radical (unpaired) electrons. The van der Waals surface area contributed by atoms with Crippen molar-refractivity contribution in [1.82, 2.24) is 9.78 Å². The molecule has 0 spiro atoms. The molecule has 1 heterocycles. The molecule has 0 saturated heterocycles. The summed E-state index contributed by atoms with van der Waals surface area (Å²) in [6.45, 7) is 2.02. The van der Waals surface area contributed by atoms with Crippen LogP contribution in [0.15, 0.2) is 18.3 Å². The van der Waals surface area contributed by atoms with Gasteiger partial charge in [0.25, 0.3) is 0 Å². The van der Waals surface area contributed by atoms with Gasteiger partial charge in [-0.15, -0.1) is 0 Å². The highest BCUT2D eigenvalue weighted by Crippen LogP contribution is 2.19. The molecule has 1 aromatic carbocycles. The fourth-order valence-corrected chi connectivity index (χ4v) is 1.46. The van der Waals surface area contributed by atoms with Crippen molar-refractivity contribution >= 4 is 16.6 Å². The van der Waals surface area contributed by atoms with Crippen molar-refractivity contribution in [1.29, 1.82) is 0 Å². The van der Waals surface area contributed by atoms with Gasteiger partial charge in [0.1, 0.15) is 0 Å². The lowest BCUT2D eigenvalue weighted by Gasteiger charge is -1.95. The molecule has 0 unspecified atom stereocenters. The smallest absolute Gasteiger partial charge is 0.0953 e. The first-order valence-electron chi connectivity index (χ1n) is 3.86. The molecule has 0 amide bonds. The first-order valence-corrected chi connectivity index (χ1v) is 3.86. The summed E-state index contributed by atoms with van der Waals surface area (Å²) in [5.74, 6) is 0. The van der Waals surface area contributed by atoms with E-state index >= 15 is 0 Å². The van der Waals surface area contributed by atoms with Gasteiger partial charge < -0.3 is 5.73 Å². The number of aromatic nitrogens is 2. The SMILES string of the molecule is Cc1cc(N)cc2cn(C)nc12. The van der Waals surface area contributed by atoms with E-state index in [9.17, 15) is 0 Å². The number of rotatable bonds is 0. The van der Waals surface area contributed by atoms with Crippen LogP contribution in [0.25, 0.3) is 10.9 Å². The molecule has 62 valence electrons. The lowest BCUT2D eigenvalue weighted by molar-refractivity contribution is 0.779. The average molecular weight is 161 g/mol. The molecule has 0 fully saturated rings. The zero-order valence-corrected chi connectivity index (χ0v) is 7.20. The summed E-state index contributed by atoms with van der Waals surface area (Å²) >= 11 is 0. The van der Waals surface area contributed by atoms with Crippen LogP contribution < -0.4 is 5.73 Å². The third-order valence-electron chi connectivity index (χ3n) is 1.94. The Hall–Kier alpha value is -1.51. The lowest BCUT2D eigenvalue weighted by atomic mass is 10.1. The third-order valence-corrected chi connectivity index (χ3v) is 1.94. The van der Waals surface area contributed by atoms with E-state index in [0.717, 1.165) is 22.2 Å². The highest BCUT2D eigenvalue weighted by atomic mass is 15.2. The van der Waals surface area contributed by atoms with Crippen molar-refractivity contribution in [2.45, 2.75) is 6.92 Å². The Kier molecular flexibility index (Phi) is 1.33. The molecule has 0 aliphatic carbocycles. The van der Waals surface area contributed by atoms with Gasteiger partial charge in [0, 0.05) is 24.3 Å². The van der Waals surface area contributed by atoms with E-state index in [2.05, 4.69) is 5.10 Å². The topological polar surface area (TPSA) is 43.8 Å². The number of fused-ring (bicyclic) bond motifs is 1. The molecule has 0 bridgehead atoms. The van der Waals surface area contributed by atoms with Gasteiger partial charge in [-0.1, -0.05) is 0 Å². The number of nitrogen functional groups attached to an aromatic ring is 1. The summed E-state index contributed by atoms with van der Waals surface area (Å²) in [7, 11) is 1.91. The predicted molar refractivity (Wildman–Crippen MR) is 49.9 cm³/mol. The van der Waals surface area contributed by atoms with Gasteiger partial charge in [0.2, 0.25) is 0 Å². The van der Waals surface area contributed by atoms with Crippen molar-refractivity contribution in [3.8, 4) is 0 Å². The van der Waals surface area contributed by atoms with Crippen molar-refractivity contribution in [2.24, 2.45) is 7.05 Å². The Morgan fingerprint density at radius 3 is 2.92 bits per heavy atom. The highest BCUT2D eigenvalue weighted by molar-refractivity contribution is 5.84. The van der Waals surface area contributed by atoms with Gasteiger partial charge in [0.15, 0.2) is 0 Å². The summed E-state index contributed by atoms with van der Waals surface area (Å²) in [6.07, 6.45) is 1.97. The Bertz CT molecular complexity index is 429. The number of nitrogens with two attached hydrogens (primary N) is 1. The summed E-state index contributed by atoms with van der Waals surface area (Å²) in [5, 5.41) is 5.42. The van der Waals surface area contributed by atoms with Crippen molar-refractivity contribution < 1.29 is 0 Å². The molecular weight excluding hydrogens is 150 g/mol. The predicted octanol–water partition coefficient (Wildman–Crippen LogP) is 1.46. The maximum atomic E-state index is 5.70. The van der Waals surface area contributed by atoms with Crippen LogP contribution in [0.3, 0.4) is 0 Å². The Morgan fingerprint density at radius 1 is 1.42 bits per heavy atom. The molecule has 0 atom stereocenters. The fourth-order valence-electron chi connectivity index (χ4n) is 1.46. The largest absolute Gasteiger partial charge is 0.399 e. The zero-order valence-electron chi connectivity index (χ0n) is 7.20. The normalized spacial score (nSPS) is 10.8. The van der Waals surface area contributed by atoms with Crippen molar-refractivity contribution in [2.75, 3.05) is 5.73 Å². The van der Waals surface area contributed by atoms with Crippen LogP contribution in [-0.4, -0.2) is 9.78 Å².